The molecule has 0 saturated heterocycles. The Morgan fingerprint density at radius 2 is 2.10 bits per heavy atom. The Kier molecular flexibility index (Phi) is 6.42. The van der Waals surface area contributed by atoms with E-state index in [-0.39, 0.29) is 28.1 Å². The molecule has 1 aromatic carbocycles. The van der Waals surface area contributed by atoms with Gasteiger partial charge in [0.05, 0.1) is 28.1 Å². The maximum absolute atomic E-state index is 13.2. The molecule has 1 rings (SSSR count). The number of hydrogen-bond acceptors (Lipinski definition) is 4. The smallest absolute Gasteiger partial charge is 0.339 e. The van der Waals surface area contributed by atoms with Gasteiger partial charge in [0.15, 0.2) is 0 Å². The number of benzene rings is 1. The Hall–Kier alpha value is -1.14. The number of carbonyl (C=O) groups excluding carboxylic acids is 2. The van der Waals surface area contributed by atoms with Crippen molar-refractivity contribution in [2.45, 2.75) is 26.4 Å². The van der Waals surface area contributed by atoms with Crippen molar-refractivity contribution >= 4 is 39.5 Å². The van der Waals surface area contributed by atoms with E-state index in [0.717, 1.165) is 6.07 Å². The fourth-order valence-electron chi connectivity index (χ4n) is 1.42. The van der Waals surface area contributed by atoms with Crippen LogP contribution in [0.4, 0.5) is 4.39 Å². The van der Waals surface area contributed by atoms with Crippen LogP contribution >= 0.6 is 27.5 Å². The fraction of sp³-hybridized carbons (Fsp3) is 0.385. The van der Waals surface area contributed by atoms with E-state index in [1.165, 1.54) is 6.07 Å². The average molecular weight is 368 g/mol. The lowest BCUT2D eigenvalue weighted by atomic mass is 10.2. The lowest BCUT2D eigenvalue weighted by molar-refractivity contribution is -0.145. The standard InChI is InChI=1S/C13H13BrClFO4/c1-3-19-12(17)4-7(2)20-13(18)8-5-9(14)11(16)6-10(8)15/h5-7H,3-4H2,1-2H3/t7-/m1/s1. The first kappa shape index (κ1) is 16.9. The summed E-state index contributed by atoms with van der Waals surface area (Å²) in [5.74, 6) is -1.77. The molecule has 0 aliphatic carbocycles. The maximum Gasteiger partial charge on any atom is 0.339 e. The number of ether oxygens (including phenoxy) is 2. The summed E-state index contributed by atoms with van der Waals surface area (Å²) in [7, 11) is 0. The van der Waals surface area contributed by atoms with Crippen LogP contribution in [0.2, 0.25) is 5.02 Å². The number of esters is 2. The van der Waals surface area contributed by atoms with Gasteiger partial charge in [-0.3, -0.25) is 4.79 Å². The predicted molar refractivity (Wildman–Crippen MR) is 75.2 cm³/mol. The van der Waals surface area contributed by atoms with Gasteiger partial charge in [-0.15, -0.1) is 0 Å². The van der Waals surface area contributed by atoms with Crippen LogP contribution in [0, 0.1) is 5.82 Å². The third-order valence-corrected chi connectivity index (χ3v) is 3.22. The molecule has 0 N–H and O–H groups in total. The van der Waals surface area contributed by atoms with E-state index >= 15 is 0 Å². The number of carbonyl (C=O) groups is 2. The second-order valence-electron chi connectivity index (χ2n) is 3.97. The average Bonchev–Trinajstić information content (AvgIpc) is 2.33. The summed E-state index contributed by atoms with van der Waals surface area (Å²) in [4.78, 5) is 23.1. The zero-order valence-electron chi connectivity index (χ0n) is 10.9. The fourth-order valence-corrected chi connectivity index (χ4v) is 1.99. The minimum atomic E-state index is -0.729. The highest BCUT2D eigenvalue weighted by Crippen LogP contribution is 2.25. The lowest BCUT2D eigenvalue weighted by Crippen LogP contribution is -2.20. The predicted octanol–water partition coefficient (Wildman–Crippen LogP) is 3.74. The van der Waals surface area contributed by atoms with Crippen molar-refractivity contribution in [3.8, 4) is 0 Å². The molecule has 1 aromatic rings. The van der Waals surface area contributed by atoms with Crippen molar-refractivity contribution in [1.29, 1.82) is 0 Å². The quantitative estimate of drug-likeness (QED) is 0.588. The van der Waals surface area contributed by atoms with Crippen LogP contribution < -0.4 is 0 Å². The van der Waals surface area contributed by atoms with Crippen molar-refractivity contribution in [2.24, 2.45) is 0 Å². The lowest BCUT2D eigenvalue weighted by Gasteiger charge is -2.13. The Morgan fingerprint density at radius 1 is 1.45 bits per heavy atom. The molecular formula is C13H13BrClFO4. The molecular weight excluding hydrogens is 354 g/mol. The molecule has 7 heteroatoms. The summed E-state index contributed by atoms with van der Waals surface area (Å²) in [6, 6.07) is 2.25. The molecule has 4 nitrogen and oxygen atoms in total. The highest BCUT2D eigenvalue weighted by Gasteiger charge is 2.19. The Bertz CT molecular complexity index is 521. The van der Waals surface area contributed by atoms with Crippen LogP contribution in [-0.4, -0.2) is 24.6 Å². The summed E-state index contributed by atoms with van der Waals surface area (Å²) in [5.41, 5.74) is 0.0238. The molecule has 0 aliphatic rings. The zero-order valence-corrected chi connectivity index (χ0v) is 13.3. The molecule has 0 spiro atoms. The minimum Gasteiger partial charge on any atom is -0.466 e. The summed E-state index contributed by atoms with van der Waals surface area (Å²) in [6.45, 7) is 3.50. The Morgan fingerprint density at radius 3 is 2.70 bits per heavy atom. The molecule has 0 saturated carbocycles. The molecule has 20 heavy (non-hydrogen) atoms. The molecule has 0 aromatic heterocycles. The second-order valence-corrected chi connectivity index (χ2v) is 5.23. The topological polar surface area (TPSA) is 52.6 Å². The maximum atomic E-state index is 13.2. The van der Waals surface area contributed by atoms with Crippen LogP contribution in [0.5, 0.6) is 0 Å². The van der Waals surface area contributed by atoms with Gasteiger partial charge in [-0.05, 0) is 41.9 Å². The summed E-state index contributed by atoms with van der Waals surface area (Å²) in [6.07, 6.45) is -0.721. The summed E-state index contributed by atoms with van der Waals surface area (Å²) in [5, 5.41) is -0.0564. The van der Waals surface area contributed by atoms with Gasteiger partial charge < -0.3 is 9.47 Å². The van der Waals surface area contributed by atoms with Crippen molar-refractivity contribution in [3.63, 3.8) is 0 Å². The third kappa shape index (κ3) is 4.76. The molecule has 0 heterocycles. The first-order chi connectivity index (χ1) is 9.35. The molecule has 0 unspecified atom stereocenters. The first-order valence-corrected chi connectivity index (χ1v) is 7.03. The van der Waals surface area contributed by atoms with Gasteiger partial charge in [-0.25, -0.2) is 9.18 Å². The zero-order chi connectivity index (χ0) is 15.3. The van der Waals surface area contributed by atoms with Crippen LogP contribution in [0.1, 0.15) is 30.6 Å². The largest absolute Gasteiger partial charge is 0.466 e. The van der Waals surface area contributed by atoms with E-state index in [0.29, 0.717) is 0 Å². The van der Waals surface area contributed by atoms with Crippen LogP contribution in [-0.2, 0) is 14.3 Å². The molecule has 0 amide bonds. The normalized spacial score (nSPS) is 11.8. The van der Waals surface area contributed by atoms with Crippen molar-refractivity contribution < 1.29 is 23.5 Å². The SMILES string of the molecule is CCOC(=O)C[C@@H](C)OC(=O)c1cc(Br)c(F)cc1Cl. The number of hydrogen-bond donors (Lipinski definition) is 0. The molecule has 0 aliphatic heterocycles. The van der Waals surface area contributed by atoms with Gasteiger partial charge in [-0.1, -0.05) is 11.6 Å². The van der Waals surface area contributed by atoms with E-state index < -0.39 is 23.9 Å². The van der Waals surface area contributed by atoms with Gasteiger partial charge in [0, 0.05) is 0 Å². The van der Waals surface area contributed by atoms with E-state index in [9.17, 15) is 14.0 Å². The Labute approximate surface area is 129 Å². The van der Waals surface area contributed by atoms with Crippen molar-refractivity contribution in [3.05, 3.63) is 33.0 Å². The van der Waals surface area contributed by atoms with Gasteiger partial charge >= 0.3 is 11.9 Å². The van der Waals surface area contributed by atoms with Gasteiger partial charge in [0.25, 0.3) is 0 Å². The van der Waals surface area contributed by atoms with Crippen LogP contribution in [0.25, 0.3) is 0 Å². The molecule has 0 fully saturated rings. The Balaban J connectivity index is 2.72. The van der Waals surface area contributed by atoms with Crippen molar-refractivity contribution in [1.82, 2.24) is 0 Å². The monoisotopic (exact) mass is 366 g/mol. The van der Waals surface area contributed by atoms with Crippen LogP contribution in [0.3, 0.4) is 0 Å². The molecule has 0 bridgehead atoms. The molecule has 1 atom stereocenters. The number of halogens is 3. The van der Waals surface area contributed by atoms with E-state index in [1.54, 1.807) is 13.8 Å². The van der Waals surface area contributed by atoms with Crippen molar-refractivity contribution in [2.75, 3.05) is 6.61 Å². The van der Waals surface area contributed by atoms with E-state index in [4.69, 9.17) is 21.1 Å². The molecule has 0 radical (unpaired) electrons. The van der Waals surface area contributed by atoms with E-state index in [1.807, 2.05) is 0 Å². The van der Waals surface area contributed by atoms with E-state index in [2.05, 4.69) is 15.9 Å². The van der Waals surface area contributed by atoms with Crippen LogP contribution in [0.15, 0.2) is 16.6 Å². The summed E-state index contributed by atoms with van der Waals surface area (Å²) < 4.78 is 23.1. The van der Waals surface area contributed by atoms with Gasteiger partial charge in [-0.2, -0.15) is 0 Å². The third-order valence-electron chi connectivity index (χ3n) is 2.30. The highest BCUT2D eigenvalue weighted by atomic mass is 79.9. The molecule has 110 valence electrons. The van der Waals surface area contributed by atoms with Gasteiger partial charge in [0.2, 0.25) is 0 Å². The second kappa shape index (κ2) is 7.59. The minimum absolute atomic E-state index is 0.0238. The summed E-state index contributed by atoms with van der Waals surface area (Å²) >= 11 is 8.74. The number of rotatable bonds is 5. The highest BCUT2D eigenvalue weighted by molar-refractivity contribution is 9.10. The van der Waals surface area contributed by atoms with Gasteiger partial charge in [0.1, 0.15) is 11.9 Å². The first-order valence-electron chi connectivity index (χ1n) is 5.86.